The van der Waals surface area contributed by atoms with E-state index in [2.05, 4.69) is 42.0 Å². The first kappa shape index (κ1) is 17.5. The second-order valence-electron chi connectivity index (χ2n) is 6.13. The molecule has 3 aromatic rings. The molecule has 0 fully saturated rings. The Bertz CT molecular complexity index is 939. The van der Waals surface area contributed by atoms with Crippen LogP contribution < -0.4 is 4.74 Å². The highest BCUT2D eigenvalue weighted by molar-refractivity contribution is 5.65. The summed E-state index contributed by atoms with van der Waals surface area (Å²) in [5.41, 5.74) is 4.73. The lowest BCUT2D eigenvalue weighted by Crippen LogP contribution is -2.07. The van der Waals surface area contributed by atoms with Crippen LogP contribution in [0.5, 0.6) is 5.88 Å². The van der Waals surface area contributed by atoms with Crippen LogP contribution in [0.15, 0.2) is 54.9 Å². The molecule has 2 aromatic carbocycles. The summed E-state index contributed by atoms with van der Waals surface area (Å²) in [4.78, 5) is 19.1. The van der Waals surface area contributed by atoms with E-state index in [1.807, 2.05) is 6.92 Å². The van der Waals surface area contributed by atoms with Gasteiger partial charge in [-0.05, 0) is 44.0 Å². The minimum absolute atomic E-state index is 0.0313. The van der Waals surface area contributed by atoms with E-state index in [1.54, 1.807) is 24.5 Å². The Hall–Kier alpha value is -3.28. The molecule has 1 atom stereocenters. The molecule has 0 saturated heterocycles. The van der Waals surface area contributed by atoms with Gasteiger partial charge in [0.25, 0.3) is 5.69 Å². The highest BCUT2D eigenvalue weighted by atomic mass is 16.6. The monoisotopic (exact) mass is 349 g/mol. The van der Waals surface area contributed by atoms with Crippen molar-refractivity contribution in [3.05, 3.63) is 81.7 Å². The van der Waals surface area contributed by atoms with Gasteiger partial charge in [0.1, 0.15) is 11.8 Å². The van der Waals surface area contributed by atoms with Gasteiger partial charge in [0.15, 0.2) is 0 Å². The fourth-order valence-corrected chi connectivity index (χ4v) is 2.86. The molecular weight excluding hydrogens is 330 g/mol. The summed E-state index contributed by atoms with van der Waals surface area (Å²) in [6.45, 7) is 6.07. The first-order valence-corrected chi connectivity index (χ1v) is 8.25. The van der Waals surface area contributed by atoms with E-state index >= 15 is 0 Å². The molecule has 6 heteroatoms. The lowest BCUT2D eigenvalue weighted by molar-refractivity contribution is -0.384. The SMILES string of the molecule is Cc1ccc(C(C)Oc2nccnc2-c2ccc([N+](=O)[O-])cc2)c(C)c1. The summed E-state index contributed by atoms with van der Waals surface area (Å²) in [5, 5.41) is 10.8. The summed E-state index contributed by atoms with van der Waals surface area (Å²) in [5.74, 6) is 0.397. The van der Waals surface area contributed by atoms with E-state index in [0.717, 1.165) is 11.1 Å². The van der Waals surface area contributed by atoms with Gasteiger partial charge in [0.05, 0.1) is 4.92 Å². The minimum atomic E-state index is -0.430. The van der Waals surface area contributed by atoms with Crippen LogP contribution in [0.2, 0.25) is 0 Å². The van der Waals surface area contributed by atoms with Crippen LogP contribution in [0.3, 0.4) is 0 Å². The van der Waals surface area contributed by atoms with Gasteiger partial charge in [-0.3, -0.25) is 10.1 Å². The molecule has 26 heavy (non-hydrogen) atoms. The fraction of sp³-hybridized carbons (Fsp3) is 0.200. The smallest absolute Gasteiger partial charge is 0.269 e. The maximum Gasteiger partial charge on any atom is 0.269 e. The predicted octanol–water partition coefficient (Wildman–Crippen LogP) is 4.81. The number of hydrogen-bond acceptors (Lipinski definition) is 5. The zero-order valence-electron chi connectivity index (χ0n) is 14.8. The summed E-state index contributed by atoms with van der Waals surface area (Å²) >= 11 is 0. The molecule has 0 radical (unpaired) electrons. The average Bonchev–Trinajstić information content (AvgIpc) is 2.62. The Morgan fingerprint density at radius 1 is 1.04 bits per heavy atom. The van der Waals surface area contributed by atoms with Gasteiger partial charge in [-0.1, -0.05) is 23.8 Å². The third-order valence-corrected chi connectivity index (χ3v) is 4.17. The van der Waals surface area contributed by atoms with Crippen LogP contribution in [-0.2, 0) is 0 Å². The third-order valence-electron chi connectivity index (χ3n) is 4.17. The topological polar surface area (TPSA) is 78.2 Å². The molecule has 1 unspecified atom stereocenters. The van der Waals surface area contributed by atoms with Gasteiger partial charge in [0.2, 0.25) is 5.88 Å². The zero-order valence-corrected chi connectivity index (χ0v) is 14.8. The number of aromatic nitrogens is 2. The Balaban J connectivity index is 1.90. The van der Waals surface area contributed by atoms with Crippen molar-refractivity contribution in [2.45, 2.75) is 26.9 Å². The number of ether oxygens (including phenoxy) is 1. The van der Waals surface area contributed by atoms with E-state index < -0.39 is 4.92 Å². The van der Waals surface area contributed by atoms with Gasteiger partial charge in [-0.15, -0.1) is 0 Å². The highest BCUT2D eigenvalue weighted by Crippen LogP contribution is 2.31. The summed E-state index contributed by atoms with van der Waals surface area (Å²) in [6.07, 6.45) is 2.94. The number of nitrogens with zero attached hydrogens (tertiary/aromatic N) is 3. The minimum Gasteiger partial charge on any atom is -0.468 e. The van der Waals surface area contributed by atoms with Crippen LogP contribution in [0.4, 0.5) is 5.69 Å². The van der Waals surface area contributed by atoms with Crippen molar-refractivity contribution in [1.29, 1.82) is 0 Å². The lowest BCUT2D eigenvalue weighted by Gasteiger charge is -2.18. The predicted molar refractivity (Wildman–Crippen MR) is 99.1 cm³/mol. The first-order valence-electron chi connectivity index (χ1n) is 8.25. The van der Waals surface area contributed by atoms with Crippen molar-refractivity contribution in [3.63, 3.8) is 0 Å². The molecule has 0 saturated carbocycles. The molecule has 0 N–H and O–H groups in total. The van der Waals surface area contributed by atoms with Crippen LogP contribution in [0, 0.1) is 24.0 Å². The van der Waals surface area contributed by atoms with E-state index in [4.69, 9.17) is 4.74 Å². The molecule has 0 aliphatic carbocycles. The van der Waals surface area contributed by atoms with Crippen molar-refractivity contribution in [3.8, 4) is 17.1 Å². The molecule has 0 amide bonds. The number of nitro benzene ring substituents is 1. The van der Waals surface area contributed by atoms with Crippen molar-refractivity contribution in [2.75, 3.05) is 0 Å². The number of non-ortho nitro benzene ring substituents is 1. The number of benzene rings is 2. The highest BCUT2D eigenvalue weighted by Gasteiger charge is 2.16. The van der Waals surface area contributed by atoms with Gasteiger partial charge in [-0.2, -0.15) is 0 Å². The maximum absolute atomic E-state index is 10.8. The lowest BCUT2D eigenvalue weighted by atomic mass is 10.0. The quantitative estimate of drug-likeness (QED) is 0.488. The molecule has 3 rings (SSSR count). The average molecular weight is 349 g/mol. The number of rotatable bonds is 5. The molecule has 0 spiro atoms. The van der Waals surface area contributed by atoms with E-state index in [-0.39, 0.29) is 11.8 Å². The van der Waals surface area contributed by atoms with Crippen LogP contribution >= 0.6 is 0 Å². The number of hydrogen-bond donors (Lipinski definition) is 0. The number of nitro groups is 1. The first-order chi connectivity index (χ1) is 12.5. The Morgan fingerprint density at radius 3 is 2.38 bits per heavy atom. The van der Waals surface area contributed by atoms with E-state index in [0.29, 0.717) is 17.1 Å². The van der Waals surface area contributed by atoms with Gasteiger partial charge >= 0.3 is 0 Å². The van der Waals surface area contributed by atoms with E-state index in [1.165, 1.54) is 17.7 Å². The fourth-order valence-electron chi connectivity index (χ4n) is 2.86. The largest absolute Gasteiger partial charge is 0.468 e. The Kier molecular flexibility index (Phi) is 4.93. The van der Waals surface area contributed by atoms with Gasteiger partial charge in [-0.25, -0.2) is 9.97 Å². The van der Waals surface area contributed by atoms with Crippen molar-refractivity contribution in [1.82, 2.24) is 9.97 Å². The third kappa shape index (κ3) is 3.69. The normalized spacial score (nSPS) is 11.8. The number of aryl methyl sites for hydroxylation is 2. The van der Waals surface area contributed by atoms with E-state index in [9.17, 15) is 10.1 Å². The molecule has 0 aliphatic rings. The molecule has 1 aromatic heterocycles. The van der Waals surface area contributed by atoms with Crippen molar-refractivity contribution < 1.29 is 9.66 Å². The second-order valence-corrected chi connectivity index (χ2v) is 6.13. The molecule has 0 bridgehead atoms. The summed E-state index contributed by atoms with van der Waals surface area (Å²) in [7, 11) is 0. The van der Waals surface area contributed by atoms with Gasteiger partial charge in [0, 0.05) is 30.1 Å². The summed E-state index contributed by atoms with van der Waals surface area (Å²) < 4.78 is 6.08. The molecular formula is C20H19N3O3. The maximum atomic E-state index is 10.8. The standard InChI is InChI=1S/C20H19N3O3/c1-13-4-9-18(14(2)12-13)15(3)26-20-19(21-10-11-22-20)16-5-7-17(8-6-16)23(24)25/h4-12,15H,1-3H3. The van der Waals surface area contributed by atoms with Crippen molar-refractivity contribution >= 4 is 5.69 Å². The molecule has 0 aliphatic heterocycles. The molecule has 132 valence electrons. The van der Waals surface area contributed by atoms with Crippen LogP contribution in [0.25, 0.3) is 11.3 Å². The van der Waals surface area contributed by atoms with Crippen LogP contribution in [-0.4, -0.2) is 14.9 Å². The van der Waals surface area contributed by atoms with Crippen LogP contribution in [0.1, 0.15) is 29.7 Å². The molecule has 6 nitrogen and oxygen atoms in total. The molecule has 1 heterocycles. The zero-order chi connectivity index (χ0) is 18.7. The summed E-state index contributed by atoms with van der Waals surface area (Å²) in [6, 6.07) is 12.4. The Labute approximate surface area is 151 Å². The second kappa shape index (κ2) is 7.31. The van der Waals surface area contributed by atoms with Gasteiger partial charge < -0.3 is 4.74 Å². The van der Waals surface area contributed by atoms with Crippen molar-refractivity contribution in [2.24, 2.45) is 0 Å². The Morgan fingerprint density at radius 2 is 1.73 bits per heavy atom.